The number of alkyl halides is 2. The fourth-order valence-corrected chi connectivity index (χ4v) is 5.25. The largest absolute Gasteiger partial charge is 0.464 e. The zero-order valence-electron chi connectivity index (χ0n) is 25.1. The average molecular weight is 626 g/mol. The number of nitrogens with two attached hydrogens (primary N) is 1. The summed E-state index contributed by atoms with van der Waals surface area (Å²) in [5.74, 6) is -5.79. The maximum atomic E-state index is 15.0. The number of halogens is 2. The molecule has 1 aliphatic rings. The van der Waals surface area contributed by atoms with Crippen molar-refractivity contribution >= 4 is 25.4 Å². The molecule has 240 valence electrons. The Kier molecular flexibility index (Phi) is 11.4. The molecule has 0 amide bonds. The lowest BCUT2D eigenvalue weighted by Gasteiger charge is -2.28. The summed E-state index contributed by atoms with van der Waals surface area (Å²) in [6.45, 7) is 12.9. The number of ether oxygens (including phenoxy) is 3. The molecule has 0 spiro atoms. The van der Waals surface area contributed by atoms with E-state index in [2.05, 4.69) is 15.2 Å². The van der Waals surface area contributed by atoms with E-state index < -0.39 is 68.3 Å². The third kappa shape index (κ3) is 10.1. The average Bonchev–Trinajstić information content (AvgIpc) is 3.07. The molecule has 0 bridgehead atoms. The van der Waals surface area contributed by atoms with Crippen molar-refractivity contribution < 1.29 is 46.8 Å². The number of anilines is 1. The van der Waals surface area contributed by atoms with Gasteiger partial charge >= 0.3 is 31.2 Å². The van der Waals surface area contributed by atoms with Crippen LogP contribution in [-0.4, -0.2) is 76.6 Å². The van der Waals surface area contributed by atoms with E-state index in [1.54, 1.807) is 0 Å². The molecule has 1 aromatic rings. The highest BCUT2D eigenvalue weighted by Crippen LogP contribution is 2.45. The van der Waals surface area contributed by atoms with Crippen molar-refractivity contribution in [2.45, 2.75) is 91.8 Å². The van der Waals surface area contributed by atoms with E-state index in [0.29, 0.717) is 4.57 Å². The molecule has 1 unspecified atom stereocenters. The van der Waals surface area contributed by atoms with Gasteiger partial charge in [0.2, 0.25) is 6.23 Å². The Hall–Kier alpha value is -2.49. The standard InChI is InChI=1S/C25H42F2N5O9P/c1-14(19(34)38-12-23(3,4)5)30-42(37,31-15(2)20(35)39-13-24(6,7)8)40-11-16-18(33)25(26,27)21(41-16)32-10-9-17(28)29-22(32)36/h9-10,14-16,18,21,33H,11-13H2,1-8H3,(H2,28,29,36)(H2,30,31,37)/t14-,15-,16+,18?,21+/m0/s1. The van der Waals surface area contributed by atoms with Gasteiger partial charge in [0.15, 0.2) is 6.10 Å². The Morgan fingerprint density at radius 3 is 2.02 bits per heavy atom. The molecule has 1 aromatic heterocycles. The zero-order chi connectivity index (χ0) is 32.3. The number of nitrogens with one attached hydrogen (secondary N) is 2. The fraction of sp³-hybridized carbons (Fsp3) is 0.760. The molecule has 42 heavy (non-hydrogen) atoms. The smallest absolute Gasteiger partial charge is 0.351 e. The first-order valence-corrected chi connectivity index (χ1v) is 14.9. The van der Waals surface area contributed by atoms with Gasteiger partial charge in [-0.2, -0.15) is 13.8 Å². The van der Waals surface area contributed by atoms with Gasteiger partial charge in [-0.3, -0.25) is 18.7 Å². The van der Waals surface area contributed by atoms with Crippen LogP contribution < -0.4 is 21.6 Å². The first kappa shape index (κ1) is 35.7. The molecule has 17 heteroatoms. The van der Waals surface area contributed by atoms with E-state index in [9.17, 15) is 32.8 Å². The third-order valence-corrected chi connectivity index (χ3v) is 7.60. The van der Waals surface area contributed by atoms with Gasteiger partial charge in [0, 0.05) is 6.20 Å². The normalized spacial score (nSPS) is 22.4. The maximum absolute atomic E-state index is 15.0. The van der Waals surface area contributed by atoms with Crippen molar-refractivity contribution in [3.05, 3.63) is 22.7 Å². The molecule has 0 saturated carbocycles. The minimum Gasteiger partial charge on any atom is -0.464 e. The highest BCUT2D eigenvalue weighted by molar-refractivity contribution is 7.54. The van der Waals surface area contributed by atoms with Crippen LogP contribution in [0.4, 0.5) is 14.6 Å². The van der Waals surface area contributed by atoms with Gasteiger partial charge in [-0.1, -0.05) is 41.5 Å². The quantitative estimate of drug-likeness (QED) is 0.195. The second kappa shape index (κ2) is 13.4. The fourth-order valence-electron chi connectivity index (χ4n) is 3.44. The minimum atomic E-state index is -4.43. The molecule has 1 saturated heterocycles. The van der Waals surface area contributed by atoms with Gasteiger partial charge in [-0.25, -0.2) is 15.0 Å². The number of esters is 2. The van der Waals surface area contributed by atoms with Crippen molar-refractivity contribution in [3.8, 4) is 0 Å². The van der Waals surface area contributed by atoms with Gasteiger partial charge in [-0.15, -0.1) is 0 Å². The molecule has 2 rings (SSSR count). The number of hydrogen-bond acceptors (Lipinski definition) is 11. The van der Waals surface area contributed by atoms with Crippen LogP contribution in [0.3, 0.4) is 0 Å². The topological polar surface area (TPSA) is 193 Å². The van der Waals surface area contributed by atoms with E-state index in [0.717, 1.165) is 12.3 Å². The first-order valence-electron chi connectivity index (χ1n) is 13.2. The highest BCUT2D eigenvalue weighted by atomic mass is 31.2. The Morgan fingerprint density at radius 1 is 1.12 bits per heavy atom. The Balaban J connectivity index is 2.24. The van der Waals surface area contributed by atoms with Gasteiger partial charge < -0.3 is 29.6 Å². The number of aliphatic hydroxyl groups is 1. The van der Waals surface area contributed by atoms with Gasteiger partial charge in [0.25, 0.3) is 0 Å². The molecular formula is C25H42F2N5O9P. The lowest BCUT2D eigenvalue weighted by Crippen LogP contribution is -2.44. The Morgan fingerprint density at radius 2 is 1.60 bits per heavy atom. The molecule has 5 atom stereocenters. The van der Waals surface area contributed by atoms with Crippen LogP contribution in [0, 0.1) is 10.8 Å². The summed E-state index contributed by atoms with van der Waals surface area (Å²) < 4.78 is 65.4. The summed E-state index contributed by atoms with van der Waals surface area (Å²) >= 11 is 0. The number of carbonyl (C=O) groups excluding carboxylic acids is 2. The number of hydrogen-bond donors (Lipinski definition) is 4. The summed E-state index contributed by atoms with van der Waals surface area (Å²) in [5, 5.41) is 15.2. The summed E-state index contributed by atoms with van der Waals surface area (Å²) in [5.41, 5.74) is 3.54. The predicted molar refractivity (Wildman–Crippen MR) is 147 cm³/mol. The SMILES string of the molecule is C[C@H](NP(=O)(N[C@@H](C)C(=O)OCC(C)(C)C)OC[C@H]1O[C@@H](n2ccc(N)nc2=O)C(F)(F)C1O)C(=O)OCC(C)(C)C. The van der Waals surface area contributed by atoms with E-state index in [-0.39, 0.29) is 29.9 Å². The molecule has 0 aliphatic carbocycles. The lowest BCUT2D eigenvalue weighted by atomic mass is 9.99. The first-order chi connectivity index (χ1) is 19.0. The summed E-state index contributed by atoms with van der Waals surface area (Å²) in [4.78, 5) is 40.6. The number of rotatable bonds is 12. The summed E-state index contributed by atoms with van der Waals surface area (Å²) in [7, 11) is -4.43. The van der Waals surface area contributed by atoms with Crippen molar-refractivity contribution in [2.24, 2.45) is 10.8 Å². The van der Waals surface area contributed by atoms with Crippen LogP contribution in [0.15, 0.2) is 17.1 Å². The van der Waals surface area contributed by atoms with Crippen LogP contribution in [0.25, 0.3) is 0 Å². The number of carbonyl (C=O) groups is 2. The maximum Gasteiger partial charge on any atom is 0.351 e. The molecule has 14 nitrogen and oxygen atoms in total. The van der Waals surface area contributed by atoms with E-state index >= 15 is 0 Å². The van der Waals surface area contributed by atoms with Gasteiger partial charge in [-0.05, 0) is 30.7 Å². The third-order valence-electron chi connectivity index (χ3n) is 5.63. The Labute approximate surface area is 243 Å². The second-order valence-electron chi connectivity index (χ2n) is 12.6. The van der Waals surface area contributed by atoms with Gasteiger partial charge in [0.05, 0.1) is 19.8 Å². The molecular weight excluding hydrogens is 583 g/mol. The van der Waals surface area contributed by atoms with E-state index in [1.165, 1.54) is 13.8 Å². The zero-order valence-corrected chi connectivity index (χ0v) is 25.9. The minimum absolute atomic E-state index is 0.0455. The molecule has 1 aliphatic heterocycles. The molecule has 1 fully saturated rings. The summed E-state index contributed by atoms with van der Waals surface area (Å²) in [6, 6.07) is -1.39. The molecule has 2 heterocycles. The van der Waals surface area contributed by atoms with Gasteiger partial charge in [0.1, 0.15) is 24.0 Å². The number of aliphatic hydroxyl groups excluding tert-OH is 1. The van der Waals surface area contributed by atoms with Crippen molar-refractivity contribution in [3.63, 3.8) is 0 Å². The molecule has 0 radical (unpaired) electrons. The van der Waals surface area contributed by atoms with Crippen LogP contribution in [0.2, 0.25) is 0 Å². The van der Waals surface area contributed by atoms with Crippen LogP contribution >= 0.6 is 7.67 Å². The predicted octanol–water partition coefficient (Wildman–Crippen LogP) is 1.98. The molecule has 5 N–H and O–H groups in total. The number of nitrogens with zero attached hydrogens (tertiary/aromatic N) is 2. The van der Waals surface area contributed by atoms with Crippen LogP contribution in [0.5, 0.6) is 0 Å². The summed E-state index contributed by atoms with van der Waals surface area (Å²) in [6.07, 6.45) is -5.63. The van der Waals surface area contributed by atoms with E-state index in [1.807, 2.05) is 41.5 Å². The van der Waals surface area contributed by atoms with Crippen molar-refractivity contribution in [2.75, 3.05) is 25.6 Å². The highest BCUT2D eigenvalue weighted by Gasteiger charge is 2.60. The van der Waals surface area contributed by atoms with E-state index in [4.69, 9.17) is 24.5 Å². The Bertz CT molecular complexity index is 1180. The van der Waals surface area contributed by atoms with Crippen LogP contribution in [0.1, 0.15) is 61.6 Å². The lowest BCUT2D eigenvalue weighted by molar-refractivity contribution is -0.148. The van der Waals surface area contributed by atoms with Crippen molar-refractivity contribution in [1.82, 2.24) is 19.7 Å². The monoisotopic (exact) mass is 625 g/mol. The molecule has 0 aromatic carbocycles. The van der Waals surface area contributed by atoms with Crippen LogP contribution in [-0.2, 0) is 32.9 Å². The second-order valence-corrected chi connectivity index (χ2v) is 14.5. The number of aromatic nitrogens is 2. The number of nitrogen functional groups attached to an aromatic ring is 1. The van der Waals surface area contributed by atoms with Crippen molar-refractivity contribution in [1.29, 1.82) is 0 Å².